The standard InChI is InChI=1S/C14H23N3O3/c1-2-3-8-18-11-14(17,12-19-9-4-6-15)13-20-10-5-7-16/h2H,1,3-5,8-13,17H2/p+1. The Morgan fingerprint density at radius 1 is 0.950 bits per heavy atom. The van der Waals surface area contributed by atoms with Crippen molar-refractivity contribution in [3.63, 3.8) is 0 Å². The molecule has 0 atom stereocenters. The minimum Gasteiger partial charge on any atom is -0.374 e. The van der Waals surface area contributed by atoms with Gasteiger partial charge in [0.05, 0.1) is 44.8 Å². The number of hydrogen-bond donors (Lipinski definition) is 1. The maximum atomic E-state index is 8.46. The van der Waals surface area contributed by atoms with Crippen molar-refractivity contribution in [3.8, 4) is 12.1 Å². The molecule has 3 N–H and O–H groups in total. The molecule has 0 spiro atoms. The van der Waals surface area contributed by atoms with Crippen molar-refractivity contribution in [1.82, 2.24) is 0 Å². The fraction of sp³-hybridized carbons (Fsp3) is 0.714. The minimum absolute atomic E-state index is 0.350. The molecular formula is C14H24N3O3+. The zero-order valence-corrected chi connectivity index (χ0v) is 12.0. The Morgan fingerprint density at radius 3 is 1.80 bits per heavy atom. The summed E-state index contributed by atoms with van der Waals surface area (Å²) < 4.78 is 16.4. The van der Waals surface area contributed by atoms with E-state index in [1.165, 1.54) is 0 Å². The topological polar surface area (TPSA) is 103 Å². The van der Waals surface area contributed by atoms with Crippen molar-refractivity contribution >= 4 is 0 Å². The third-order valence-corrected chi connectivity index (χ3v) is 2.41. The van der Waals surface area contributed by atoms with Crippen molar-refractivity contribution < 1.29 is 19.9 Å². The summed E-state index contributed by atoms with van der Waals surface area (Å²) in [5, 5.41) is 16.9. The van der Waals surface area contributed by atoms with Gasteiger partial charge in [0.15, 0.2) is 5.54 Å². The molecule has 0 heterocycles. The summed E-state index contributed by atoms with van der Waals surface area (Å²) >= 11 is 0. The lowest BCUT2D eigenvalue weighted by molar-refractivity contribution is -0.499. The van der Waals surface area contributed by atoms with Gasteiger partial charge in [0, 0.05) is 0 Å². The molecule has 0 rings (SSSR count). The molecule has 0 aromatic carbocycles. The molecule has 6 heteroatoms. The number of nitrogens with zero attached hydrogens (tertiary/aromatic N) is 2. The average Bonchev–Trinajstić information content (AvgIpc) is 2.45. The lowest BCUT2D eigenvalue weighted by Gasteiger charge is -2.25. The molecule has 20 heavy (non-hydrogen) atoms. The van der Waals surface area contributed by atoms with Crippen LogP contribution >= 0.6 is 0 Å². The van der Waals surface area contributed by atoms with Gasteiger partial charge in [-0.1, -0.05) is 6.08 Å². The maximum absolute atomic E-state index is 8.46. The summed E-state index contributed by atoms with van der Waals surface area (Å²) in [4.78, 5) is 0. The van der Waals surface area contributed by atoms with Gasteiger partial charge in [-0.3, -0.25) is 0 Å². The Balaban J connectivity index is 4.09. The summed E-state index contributed by atoms with van der Waals surface area (Å²) in [5.41, 5.74) is 3.57. The molecule has 0 aliphatic heterocycles. The molecule has 0 fully saturated rings. The molecule has 0 aromatic heterocycles. The van der Waals surface area contributed by atoms with Crippen molar-refractivity contribution in [3.05, 3.63) is 12.7 Å². The van der Waals surface area contributed by atoms with Crippen LogP contribution in [0.3, 0.4) is 0 Å². The summed E-state index contributed by atoms with van der Waals surface area (Å²) in [6, 6.07) is 4.04. The van der Waals surface area contributed by atoms with Gasteiger partial charge in [0.1, 0.15) is 19.8 Å². The fourth-order valence-corrected chi connectivity index (χ4v) is 1.39. The van der Waals surface area contributed by atoms with Crippen LogP contribution in [0.2, 0.25) is 0 Å². The third kappa shape index (κ3) is 10.5. The number of hydrogen-bond acceptors (Lipinski definition) is 5. The van der Waals surface area contributed by atoms with E-state index in [9.17, 15) is 0 Å². The molecule has 0 saturated heterocycles. The van der Waals surface area contributed by atoms with E-state index in [4.69, 9.17) is 24.7 Å². The molecule has 0 amide bonds. The van der Waals surface area contributed by atoms with E-state index in [-0.39, 0.29) is 0 Å². The van der Waals surface area contributed by atoms with E-state index in [0.717, 1.165) is 6.42 Å². The molecule has 6 nitrogen and oxygen atoms in total. The van der Waals surface area contributed by atoms with E-state index in [1.807, 2.05) is 12.1 Å². The summed E-state index contributed by atoms with van der Waals surface area (Å²) in [7, 11) is 0. The maximum Gasteiger partial charge on any atom is 0.165 e. The summed E-state index contributed by atoms with van der Waals surface area (Å²) in [6.07, 6.45) is 3.27. The van der Waals surface area contributed by atoms with Gasteiger partial charge in [-0.05, 0) is 6.42 Å². The van der Waals surface area contributed by atoms with Crippen molar-refractivity contribution in [2.45, 2.75) is 24.8 Å². The lowest BCUT2D eigenvalue weighted by atomic mass is 10.1. The van der Waals surface area contributed by atoms with Gasteiger partial charge in [-0.15, -0.1) is 6.58 Å². The highest BCUT2D eigenvalue weighted by atomic mass is 16.5. The zero-order chi connectivity index (χ0) is 15.1. The van der Waals surface area contributed by atoms with Gasteiger partial charge in [0.25, 0.3) is 0 Å². The first-order valence-corrected chi connectivity index (χ1v) is 6.62. The first kappa shape index (κ1) is 18.6. The predicted octanol–water partition coefficient (Wildman–Crippen LogP) is 0.420. The van der Waals surface area contributed by atoms with Crippen LogP contribution in [0, 0.1) is 22.7 Å². The normalized spacial score (nSPS) is 10.8. The smallest absolute Gasteiger partial charge is 0.165 e. The minimum atomic E-state index is -0.522. The predicted molar refractivity (Wildman–Crippen MR) is 73.4 cm³/mol. The molecule has 0 aromatic rings. The Morgan fingerprint density at radius 2 is 1.40 bits per heavy atom. The van der Waals surface area contributed by atoms with Crippen LogP contribution in [0.1, 0.15) is 19.3 Å². The molecule has 0 saturated carbocycles. The van der Waals surface area contributed by atoms with E-state index in [2.05, 4.69) is 12.3 Å². The SMILES string of the molecule is C=CCCOCC([NH3+])(COCCC#N)COCCC#N. The molecule has 0 aliphatic carbocycles. The van der Waals surface area contributed by atoms with Gasteiger partial charge in [-0.2, -0.15) is 10.5 Å². The Bertz CT molecular complexity index is 312. The summed E-state index contributed by atoms with van der Waals surface area (Å²) in [6.45, 7) is 6.07. The van der Waals surface area contributed by atoms with E-state index in [0.29, 0.717) is 52.5 Å². The van der Waals surface area contributed by atoms with E-state index in [1.54, 1.807) is 6.08 Å². The van der Waals surface area contributed by atoms with E-state index >= 15 is 0 Å². The first-order chi connectivity index (χ1) is 9.68. The third-order valence-electron chi connectivity index (χ3n) is 2.41. The van der Waals surface area contributed by atoms with Gasteiger partial charge >= 0.3 is 0 Å². The Kier molecular flexibility index (Phi) is 11.7. The number of nitriles is 2. The highest BCUT2D eigenvalue weighted by Gasteiger charge is 2.30. The molecule has 0 aliphatic rings. The second kappa shape index (κ2) is 12.6. The van der Waals surface area contributed by atoms with Crippen molar-refractivity contribution in [2.24, 2.45) is 0 Å². The molecule has 0 unspecified atom stereocenters. The van der Waals surface area contributed by atoms with Crippen LogP contribution in [0.25, 0.3) is 0 Å². The Labute approximate surface area is 120 Å². The molecular weight excluding hydrogens is 258 g/mol. The zero-order valence-electron chi connectivity index (χ0n) is 12.0. The van der Waals surface area contributed by atoms with Crippen molar-refractivity contribution in [2.75, 3.05) is 39.6 Å². The van der Waals surface area contributed by atoms with Crippen LogP contribution < -0.4 is 5.73 Å². The van der Waals surface area contributed by atoms with Gasteiger partial charge < -0.3 is 19.9 Å². The highest BCUT2D eigenvalue weighted by Crippen LogP contribution is 2.03. The van der Waals surface area contributed by atoms with Crippen molar-refractivity contribution in [1.29, 1.82) is 10.5 Å². The van der Waals surface area contributed by atoms with E-state index < -0.39 is 5.54 Å². The molecule has 0 radical (unpaired) electrons. The van der Waals surface area contributed by atoms with Crippen LogP contribution in [-0.4, -0.2) is 45.2 Å². The lowest BCUT2D eigenvalue weighted by Crippen LogP contribution is -2.79. The number of quaternary nitrogens is 1. The van der Waals surface area contributed by atoms with Crippen LogP contribution in [0.15, 0.2) is 12.7 Å². The second-order valence-electron chi connectivity index (χ2n) is 4.55. The van der Waals surface area contributed by atoms with Gasteiger partial charge in [-0.25, -0.2) is 0 Å². The highest BCUT2D eigenvalue weighted by molar-refractivity contribution is 4.78. The Hall–Kier alpha value is -1.44. The first-order valence-electron chi connectivity index (χ1n) is 6.62. The number of ether oxygens (including phenoxy) is 3. The quantitative estimate of drug-likeness (QED) is 0.389. The largest absolute Gasteiger partial charge is 0.374 e. The monoisotopic (exact) mass is 282 g/mol. The van der Waals surface area contributed by atoms with Crippen LogP contribution in [0.5, 0.6) is 0 Å². The van der Waals surface area contributed by atoms with Gasteiger partial charge in [0.2, 0.25) is 0 Å². The second-order valence-corrected chi connectivity index (χ2v) is 4.55. The summed E-state index contributed by atoms with van der Waals surface area (Å²) in [5.74, 6) is 0. The molecule has 112 valence electrons. The average molecular weight is 282 g/mol. The van der Waals surface area contributed by atoms with Crippen LogP contribution in [0.4, 0.5) is 0 Å². The van der Waals surface area contributed by atoms with Crippen LogP contribution in [-0.2, 0) is 14.2 Å². The molecule has 0 bridgehead atoms. The fourth-order valence-electron chi connectivity index (χ4n) is 1.39. The number of rotatable bonds is 13.